The monoisotopic (exact) mass is 681 g/mol. The van der Waals surface area contributed by atoms with Gasteiger partial charge in [-0.25, -0.2) is 4.79 Å². The quantitative estimate of drug-likeness (QED) is 0.208. The maximum absolute atomic E-state index is 14.1. The predicted molar refractivity (Wildman–Crippen MR) is 187 cm³/mol. The van der Waals surface area contributed by atoms with E-state index in [1.54, 1.807) is 44.4 Å². The average Bonchev–Trinajstić information content (AvgIpc) is 3.82. The number of methoxy groups -OCH3 is 3. The fourth-order valence-corrected chi connectivity index (χ4v) is 6.20. The van der Waals surface area contributed by atoms with Crippen LogP contribution in [0.4, 0.5) is 4.79 Å². The lowest BCUT2D eigenvalue weighted by Crippen LogP contribution is -2.45. The van der Waals surface area contributed by atoms with Gasteiger partial charge in [-0.15, -0.1) is 0 Å². The van der Waals surface area contributed by atoms with Crippen molar-refractivity contribution in [3.8, 4) is 17.2 Å². The van der Waals surface area contributed by atoms with Crippen molar-refractivity contribution in [2.75, 3.05) is 60.7 Å². The highest BCUT2D eigenvalue weighted by molar-refractivity contribution is 5.95. The minimum absolute atomic E-state index is 0.0440. The molecule has 1 saturated heterocycles. The van der Waals surface area contributed by atoms with Crippen LogP contribution in [0, 0.1) is 11.8 Å². The number of rotatable bonds is 16. The summed E-state index contributed by atoms with van der Waals surface area (Å²) in [5, 5.41) is 0. The fourth-order valence-electron chi connectivity index (χ4n) is 6.20. The number of hydrogen-bond donors (Lipinski definition) is 0. The third-order valence-electron chi connectivity index (χ3n) is 8.96. The van der Waals surface area contributed by atoms with Gasteiger partial charge in [-0.3, -0.25) is 9.59 Å². The van der Waals surface area contributed by atoms with Crippen LogP contribution in [0.3, 0.4) is 0 Å². The summed E-state index contributed by atoms with van der Waals surface area (Å²) in [6, 6.07) is 12.9. The second kappa shape index (κ2) is 17.1. The van der Waals surface area contributed by atoms with E-state index in [-0.39, 0.29) is 48.2 Å². The van der Waals surface area contributed by atoms with Gasteiger partial charge in [0.2, 0.25) is 5.91 Å². The Hall–Kier alpha value is -3.99. The van der Waals surface area contributed by atoms with E-state index in [0.717, 1.165) is 24.2 Å². The number of ether oxygens (including phenoxy) is 5. The maximum atomic E-state index is 14.1. The first kappa shape index (κ1) is 37.8. The molecule has 1 aliphatic carbocycles. The van der Waals surface area contributed by atoms with Crippen molar-refractivity contribution in [3.63, 3.8) is 0 Å². The van der Waals surface area contributed by atoms with E-state index in [4.69, 9.17) is 23.7 Å². The summed E-state index contributed by atoms with van der Waals surface area (Å²) in [5.74, 6) is 1.61. The van der Waals surface area contributed by atoms with Crippen molar-refractivity contribution < 1.29 is 38.1 Å². The molecule has 0 spiro atoms. The van der Waals surface area contributed by atoms with E-state index in [9.17, 15) is 14.4 Å². The lowest BCUT2D eigenvalue weighted by molar-refractivity contribution is -0.131. The highest BCUT2D eigenvalue weighted by atomic mass is 16.6. The maximum Gasteiger partial charge on any atom is 0.410 e. The highest BCUT2D eigenvalue weighted by Crippen LogP contribution is 2.34. The normalized spacial score (nSPS) is 17.5. The Morgan fingerprint density at radius 3 is 2.12 bits per heavy atom. The minimum atomic E-state index is -0.642. The number of nitrogens with zero attached hydrogens (tertiary/aromatic N) is 3. The summed E-state index contributed by atoms with van der Waals surface area (Å²) < 4.78 is 27.6. The van der Waals surface area contributed by atoms with E-state index in [1.165, 1.54) is 0 Å². The van der Waals surface area contributed by atoms with Crippen LogP contribution in [-0.4, -0.2) is 111 Å². The second-order valence-electron chi connectivity index (χ2n) is 14.3. The van der Waals surface area contributed by atoms with Crippen molar-refractivity contribution in [3.05, 3.63) is 53.6 Å². The van der Waals surface area contributed by atoms with Crippen LogP contribution in [0.15, 0.2) is 42.5 Å². The van der Waals surface area contributed by atoms with E-state index in [2.05, 4.69) is 0 Å². The van der Waals surface area contributed by atoms with E-state index in [0.29, 0.717) is 62.9 Å². The van der Waals surface area contributed by atoms with Gasteiger partial charge in [0.1, 0.15) is 11.4 Å². The van der Waals surface area contributed by atoms with Gasteiger partial charge < -0.3 is 38.4 Å². The molecule has 1 aliphatic heterocycles. The summed E-state index contributed by atoms with van der Waals surface area (Å²) in [5.41, 5.74) is 0.772. The number of carbonyl (C=O) groups excluding carboxylic acids is 3. The molecule has 3 amide bonds. The van der Waals surface area contributed by atoms with Crippen LogP contribution >= 0.6 is 0 Å². The van der Waals surface area contributed by atoms with Crippen molar-refractivity contribution in [2.45, 2.75) is 78.0 Å². The van der Waals surface area contributed by atoms with Gasteiger partial charge in [-0.1, -0.05) is 12.1 Å². The third-order valence-corrected chi connectivity index (χ3v) is 8.96. The zero-order valence-corrected chi connectivity index (χ0v) is 30.5. The Morgan fingerprint density at radius 1 is 0.878 bits per heavy atom. The molecule has 0 N–H and O–H groups in total. The molecule has 2 aliphatic rings. The van der Waals surface area contributed by atoms with E-state index < -0.39 is 5.60 Å². The van der Waals surface area contributed by atoms with Crippen LogP contribution in [0.5, 0.6) is 17.2 Å². The molecule has 270 valence electrons. The molecular formula is C38H55N3O8. The zero-order chi connectivity index (χ0) is 35.7. The predicted octanol–water partition coefficient (Wildman–Crippen LogP) is 5.69. The van der Waals surface area contributed by atoms with Crippen molar-refractivity contribution in [1.82, 2.24) is 14.7 Å². The lowest BCUT2D eigenvalue weighted by Gasteiger charge is -2.33. The molecule has 2 aromatic rings. The summed E-state index contributed by atoms with van der Waals surface area (Å²) in [7, 11) is 4.84. The van der Waals surface area contributed by atoms with E-state index >= 15 is 0 Å². The third kappa shape index (κ3) is 10.7. The Kier molecular flexibility index (Phi) is 13.2. The van der Waals surface area contributed by atoms with Crippen LogP contribution in [-0.2, 0) is 20.7 Å². The van der Waals surface area contributed by atoms with Gasteiger partial charge in [-0.2, -0.15) is 0 Å². The number of carbonyl (C=O) groups is 3. The summed E-state index contributed by atoms with van der Waals surface area (Å²) in [6.45, 7) is 12.3. The Bertz CT molecular complexity index is 1400. The largest absolute Gasteiger partial charge is 0.497 e. The first-order chi connectivity index (χ1) is 23.3. The zero-order valence-electron chi connectivity index (χ0n) is 30.5. The van der Waals surface area contributed by atoms with Crippen molar-refractivity contribution >= 4 is 17.9 Å². The summed E-state index contributed by atoms with van der Waals surface area (Å²) >= 11 is 0. The molecule has 1 saturated carbocycles. The summed E-state index contributed by atoms with van der Waals surface area (Å²) in [6.07, 6.45) is 2.54. The summed E-state index contributed by atoms with van der Waals surface area (Å²) in [4.78, 5) is 46.8. The fraction of sp³-hybridized carbons (Fsp3) is 0.605. The second-order valence-corrected chi connectivity index (χ2v) is 14.3. The molecule has 1 heterocycles. The van der Waals surface area contributed by atoms with Crippen LogP contribution in [0.2, 0.25) is 0 Å². The van der Waals surface area contributed by atoms with Crippen LogP contribution in [0.1, 0.15) is 69.8 Å². The Labute approximate surface area is 291 Å². The molecule has 0 bridgehead atoms. The molecule has 2 aromatic carbocycles. The first-order valence-corrected chi connectivity index (χ1v) is 17.3. The van der Waals surface area contributed by atoms with Crippen molar-refractivity contribution in [2.24, 2.45) is 11.8 Å². The molecule has 2 atom stereocenters. The molecule has 2 fully saturated rings. The molecule has 4 rings (SSSR count). The molecule has 0 radical (unpaired) electrons. The number of likely N-dealkylation sites (tertiary alicyclic amines) is 1. The standard InChI is InChI=1S/C38H55N3O8/c1-26(2)40(36(43)28-12-17-33(47-8)34(21-28)48-19-9-18-45-6)24-29-22-39(37(44)49-38(3,4)5)23-30(29)25-41(31-13-14-31)35(42)20-27-10-15-32(46-7)16-11-27/h10-12,15-17,21,26,29-31H,9,13-14,18-20,22-25H2,1-8H3. The smallest absolute Gasteiger partial charge is 0.410 e. The molecular weight excluding hydrogens is 626 g/mol. The first-order valence-electron chi connectivity index (χ1n) is 17.3. The molecule has 2 unspecified atom stereocenters. The van der Waals surface area contributed by atoms with Crippen LogP contribution in [0.25, 0.3) is 0 Å². The number of hydrogen-bond acceptors (Lipinski definition) is 8. The van der Waals surface area contributed by atoms with Gasteiger partial charge in [-0.05, 0) is 83.4 Å². The topological polar surface area (TPSA) is 107 Å². The molecule has 11 nitrogen and oxygen atoms in total. The Morgan fingerprint density at radius 2 is 1.55 bits per heavy atom. The number of amides is 3. The van der Waals surface area contributed by atoms with Gasteiger partial charge in [0.15, 0.2) is 11.5 Å². The number of benzene rings is 2. The highest BCUT2D eigenvalue weighted by Gasteiger charge is 2.43. The van der Waals surface area contributed by atoms with Gasteiger partial charge >= 0.3 is 6.09 Å². The van der Waals surface area contributed by atoms with Gasteiger partial charge in [0.25, 0.3) is 5.91 Å². The Balaban J connectivity index is 1.55. The van der Waals surface area contributed by atoms with Gasteiger partial charge in [0.05, 0.1) is 27.2 Å². The molecule has 49 heavy (non-hydrogen) atoms. The van der Waals surface area contributed by atoms with Gasteiger partial charge in [0, 0.05) is 75.8 Å². The van der Waals surface area contributed by atoms with Crippen molar-refractivity contribution in [1.29, 1.82) is 0 Å². The minimum Gasteiger partial charge on any atom is -0.497 e. The van der Waals surface area contributed by atoms with E-state index in [1.807, 2.05) is 68.7 Å². The molecule has 11 heteroatoms. The SMILES string of the molecule is COCCCOc1cc(C(=O)N(CC2CN(C(=O)OC(C)(C)C)CC2CN(C(=O)Cc2ccc(OC)cc2)C2CC2)C(C)C)ccc1OC. The van der Waals surface area contributed by atoms with Crippen LogP contribution < -0.4 is 14.2 Å². The average molecular weight is 682 g/mol. The lowest BCUT2D eigenvalue weighted by atomic mass is 9.93. The molecule has 0 aromatic heterocycles.